The first-order valence-electron chi connectivity index (χ1n) is 4.75. The summed E-state index contributed by atoms with van der Waals surface area (Å²) in [5.74, 6) is -0.0318. The number of rotatable bonds is 3. The van der Waals surface area contributed by atoms with Crippen molar-refractivity contribution in [3.63, 3.8) is 0 Å². The summed E-state index contributed by atoms with van der Waals surface area (Å²) in [4.78, 5) is 0. The monoisotopic (exact) mass is 222 g/mol. The third-order valence-electron chi connectivity index (χ3n) is 2.12. The third-order valence-corrected chi connectivity index (χ3v) is 2.12. The highest BCUT2D eigenvalue weighted by molar-refractivity contribution is 5.37. The second-order valence-electron chi connectivity index (χ2n) is 3.34. The van der Waals surface area contributed by atoms with Crippen LogP contribution in [-0.4, -0.2) is 14.9 Å². The minimum atomic E-state index is -0.504. The summed E-state index contributed by atoms with van der Waals surface area (Å²) in [5, 5.41) is 13.0. The van der Waals surface area contributed by atoms with E-state index in [0.717, 1.165) is 0 Å². The molecule has 1 N–H and O–H groups in total. The van der Waals surface area contributed by atoms with Gasteiger partial charge >= 0.3 is 0 Å². The average molecular weight is 222 g/mol. The Balaban J connectivity index is 2.33. The van der Waals surface area contributed by atoms with Crippen molar-refractivity contribution in [2.75, 3.05) is 0 Å². The van der Waals surface area contributed by atoms with Crippen LogP contribution in [0.2, 0.25) is 0 Å². The molecule has 0 aliphatic rings. The second-order valence-corrected chi connectivity index (χ2v) is 3.34. The van der Waals surface area contributed by atoms with E-state index in [1.54, 1.807) is 24.0 Å². The van der Waals surface area contributed by atoms with E-state index in [-0.39, 0.29) is 12.4 Å². The van der Waals surface area contributed by atoms with Gasteiger partial charge in [-0.3, -0.25) is 4.68 Å². The van der Waals surface area contributed by atoms with E-state index in [1.165, 1.54) is 18.3 Å². The number of nitrogens with zero attached hydrogens (tertiary/aromatic N) is 2. The number of aliphatic hydroxyl groups excluding tert-OH is 1. The normalized spacial score (nSPS) is 10.4. The molecule has 5 heteroatoms. The molecule has 1 aromatic heterocycles. The highest BCUT2D eigenvalue weighted by Crippen LogP contribution is 2.27. The Morgan fingerprint density at radius 2 is 2.31 bits per heavy atom. The molecule has 84 valence electrons. The zero-order valence-electron chi connectivity index (χ0n) is 8.72. The van der Waals surface area contributed by atoms with Crippen molar-refractivity contribution in [2.45, 2.75) is 6.61 Å². The first kappa shape index (κ1) is 10.6. The summed E-state index contributed by atoms with van der Waals surface area (Å²) in [6.45, 7) is -0.270. The van der Waals surface area contributed by atoms with E-state index >= 15 is 0 Å². The lowest BCUT2D eigenvalue weighted by Crippen LogP contribution is -1.94. The van der Waals surface area contributed by atoms with Gasteiger partial charge in [0.15, 0.2) is 17.3 Å². The Morgan fingerprint density at radius 1 is 1.50 bits per heavy atom. The number of aryl methyl sites for hydroxylation is 1. The Kier molecular flexibility index (Phi) is 2.87. The molecule has 16 heavy (non-hydrogen) atoms. The van der Waals surface area contributed by atoms with Crippen molar-refractivity contribution in [2.24, 2.45) is 7.05 Å². The van der Waals surface area contributed by atoms with Gasteiger partial charge in [0.25, 0.3) is 0 Å². The highest BCUT2D eigenvalue weighted by Gasteiger charge is 2.10. The summed E-state index contributed by atoms with van der Waals surface area (Å²) in [5.41, 5.74) is 0.406. The molecule has 1 aromatic carbocycles. The lowest BCUT2D eigenvalue weighted by molar-refractivity contribution is 0.274. The molecule has 4 nitrogen and oxygen atoms in total. The maximum atomic E-state index is 13.5. The molecule has 0 bridgehead atoms. The lowest BCUT2D eigenvalue weighted by atomic mass is 10.2. The number of hydrogen-bond donors (Lipinski definition) is 1. The molecular formula is C11H11FN2O2. The van der Waals surface area contributed by atoms with Gasteiger partial charge in [0, 0.05) is 12.6 Å². The van der Waals surface area contributed by atoms with Crippen LogP contribution in [0.4, 0.5) is 4.39 Å². The Hall–Kier alpha value is -1.88. The van der Waals surface area contributed by atoms with E-state index in [4.69, 9.17) is 9.84 Å². The van der Waals surface area contributed by atoms with Crippen molar-refractivity contribution >= 4 is 0 Å². The van der Waals surface area contributed by atoms with Gasteiger partial charge in [0.2, 0.25) is 0 Å². The molecule has 0 saturated heterocycles. The van der Waals surface area contributed by atoms with Crippen molar-refractivity contribution < 1.29 is 14.2 Å². The SMILES string of the molecule is Cn1cc(Oc2c(F)cccc2CO)cn1. The highest BCUT2D eigenvalue weighted by atomic mass is 19.1. The number of benzene rings is 1. The summed E-state index contributed by atoms with van der Waals surface area (Å²) in [6, 6.07) is 4.41. The molecule has 0 spiro atoms. The molecule has 0 radical (unpaired) electrons. The third kappa shape index (κ3) is 2.04. The quantitative estimate of drug-likeness (QED) is 0.862. The number of ether oxygens (including phenoxy) is 1. The average Bonchev–Trinajstić information content (AvgIpc) is 2.67. The molecule has 2 rings (SSSR count). The molecule has 2 aromatic rings. The minimum Gasteiger partial charge on any atom is -0.451 e. The summed E-state index contributed by atoms with van der Waals surface area (Å²) < 4.78 is 20.4. The fourth-order valence-corrected chi connectivity index (χ4v) is 1.36. The van der Waals surface area contributed by atoms with Crippen molar-refractivity contribution in [1.29, 1.82) is 0 Å². The van der Waals surface area contributed by atoms with Gasteiger partial charge in [-0.1, -0.05) is 12.1 Å². The van der Waals surface area contributed by atoms with Crippen LogP contribution in [0.1, 0.15) is 5.56 Å². The smallest absolute Gasteiger partial charge is 0.168 e. The van der Waals surface area contributed by atoms with E-state index < -0.39 is 5.82 Å². The molecule has 0 saturated carbocycles. The molecule has 0 fully saturated rings. The van der Waals surface area contributed by atoms with Crippen LogP contribution in [0.25, 0.3) is 0 Å². The topological polar surface area (TPSA) is 47.3 Å². The minimum absolute atomic E-state index is 0.0398. The van der Waals surface area contributed by atoms with Crippen LogP contribution in [-0.2, 0) is 13.7 Å². The van der Waals surface area contributed by atoms with Crippen LogP contribution >= 0.6 is 0 Å². The van der Waals surface area contributed by atoms with E-state index in [1.807, 2.05) is 0 Å². The van der Waals surface area contributed by atoms with Gasteiger partial charge in [-0.15, -0.1) is 0 Å². The number of aliphatic hydroxyl groups is 1. The van der Waals surface area contributed by atoms with Crippen molar-refractivity contribution in [3.05, 3.63) is 42.0 Å². The number of aromatic nitrogens is 2. The van der Waals surface area contributed by atoms with Crippen LogP contribution in [0.3, 0.4) is 0 Å². The molecule has 0 unspecified atom stereocenters. The maximum Gasteiger partial charge on any atom is 0.168 e. The fraction of sp³-hybridized carbons (Fsp3) is 0.182. The zero-order chi connectivity index (χ0) is 11.5. The van der Waals surface area contributed by atoms with E-state index in [0.29, 0.717) is 11.3 Å². The first-order chi connectivity index (χ1) is 7.70. The van der Waals surface area contributed by atoms with Gasteiger partial charge in [-0.2, -0.15) is 5.10 Å². The largest absolute Gasteiger partial charge is 0.451 e. The Morgan fingerprint density at radius 3 is 2.94 bits per heavy atom. The van der Waals surface area contributed by atoms with Gasteiger partial charge in [-0.25, -0.2) is 4.39 Å². The maximum absolute atomic E-state index is 13.5. The van der Waals surface area contributed by atoms with Gasteiger partial charge < -0.3 is 9.84 Å². The molecule has 0 aliphatic carbocycles. The Labute approximate surface area is 91.9 Å². The molecule has 1 heterocycles. The Bertz CT molecular complexity index is 496. The first-order valence-corrected chi connectivity index (χ1v) is 4.75. The summed E-state index contributed by atoms with van der Waals surface area (Å²) >= 11 is 0. The van der Waals surface area contributed by atoms with Crippen LogP contribution in [0.5, 0.6) is 11.5 Å². The van der Waals surface area contributed by atoms with Gasteiger partial charge in [0.05, 0.1) is 19.0 Å². The van der Waals surface area contributed by atoms with Crippen LogP contribution in [0, 0.1) is 5.82 Å². The number of halogens is 1. The second kappa shape index (κ2) is 4.32. The van der Waals surface area contributed by atoms with Crippen LogP contribution < -0.4 is 4.74 Å². The van der Waals surface area contributed by atoms with E-state index in [9.17, 15) is 4.39 Å². The lowest BCUT2D eigenvalue weighted by Gasteiger charge is -2.08. The molecule has 0 atom stereocenters. The number of para-hydroxylation sites is 1. The summed E-state index contributed by atoms with van der Waals surface area (Å²) in [6.07, 6.45) is 3.10. The summed E-state index contributed by atoms with van der Waals surface area (Å²) in [7, 11) is 1.74. The fourth-order valence-electron chi connectivity index (χ4n) is 1.36. The van der Waals surface area contributed by atoms with Crippen LogP contribution in [0.15, 0.2) is 30.6 Å². The molecule has 0 amide bonds. The zero-order valence-corrected chi connectivity index (χ0v) is 8.72. The molecule has 0 aliphatic heterocycles. The van der Waals surface area contributed by atoms with Crippen molar-refractivity contribution in [1.82, 2.24) is 9.78 Å². The standard InChI is InChI=1S/C11H11FN2O2/c1-14-6-9(5-13-14)16-11-8(7-15)3-2-4-10(11)12/h2-6,15H,7H2,1H3. The van der Waals surface area contributed by atoms with Crippen molar-refractivity contribution in [3.8, 4) is 11.5 Å². The van der Waals surface area contributed by atoms with Gasteiger partial charge in [0.1, 0.15) is 0 Å². The molecular weight excluding hydrogens is 211 g/mol. The van der Waals surface area contributed by atoms with E-state index in [2.05, 4.69) is 5.10 Å². The number of hydrogen-bond acceptors (Lipinski definition) is 3. The van der Waals surface area contributed by atoms with Gasteiger partial charge in [-0.05, 0) is 6.07 Å². The predicted molar refractivity (Wildman–Crippen MR) is 55.6 cm³/mol. The predicted octanol–water partition coefficient (Wildman–Crippen LogP) is 1.84.